The molecule has 0 aliphatic carbocycles. The van der Waals surface area contributed by atoms with E-state index in [-0.39, 0.29) is 22.6 Å². The number of aryl methyl sites for hydroxylation is 3. The summed E-state index contributed by atoms with van der Waals surface area (Å²) >= 11 is 0. The average Bonchev–Trinajstić information content (AvgIpc) is 3.30. The topological polar surface area (TPSA) is 124 Å². The van der Waals surface area contributed by atoms with Crippen molar-refractivity contribution < 1.29 is 31.4 Å². The van der Waals surface area contributed by atoms with Gasteiger partial charge in [-0.15, -0.1) is 0 Å². The summed E-state index contributed by atoms with van der Waals surface area (Å²) in [6, 6.07) is 19.6. The fourth-order valence-corrected chi connectivity index (χ4v) is 8.81. The Labute approximate surface area is 254 Å². The molecule has 0 amide bonds. The van der Waals surface area contributed by atoms with Crippen molar-refractivity contribution in [1.82, 2.24) is 9.29 Å². The highest BCUT2D eigenvalue weighted by Gasteiger charge is 2.42. The summed E-state index contributed by atoms with van der Waals surface area (Å²) in [4.78, 5) is 0.111. The monoisotopic (exact) mass is 628 g/mol. The molecular formula is C32H40N2O7S2. The molecule has 232 valence electrons. The molecule has 1 unspecified atom stereocenters. The third kappa shape index (κ3) is 7.36. The van der Waals surface area contributed by atoms with Gasteiger partial charge in [0.1, 0.15) is 0 Å². The molecule has 0 radical (unpaired) electrons. The molecule has 0 bridgehead atoms. The number of aromatic nitrogens is 1. The number of para-hydroxylation sites is 1. The lowest BCUT2D eigenvalue weighted by Crippen LogP contribution is -2.50. The van der Waals surface area contributed by atoms with E-state index in [1.807, 2.05) is 55.9 Å². The van der Waals surface area contributed by atoms with E-state index < -0.39 is 50.0 Å². The van der Waals surface area contributed by atoms with Crippen LogP contribution >= 0.6 is 0 Å². The van der Waals surface area contributed by atoms with Gasteiger partial charge < -0.3 is 19.1 Å². The smallest absolute Gasteiger partial charge is 0.240 e. The van der Waals surface area contributed by atoms with Gasteiger partial charge in [-0.3, -0.25) is 0 Å². The SMILES string of the molecule is COC(CC([C@@H](CO)[C@H](Cc1cn(C)c2ccccc12)NS(=O)(=O)c1ccc(C)cc1)S(=O)(=O)c1ccc(C)cc1)OC. The summed E-state index contributed by atoms with van der Waals surface area (Å²) in [5.41, 5.74) is 3.55. The van der Waals surface area contributed by atoms with Crippen molar-refractivity contribution in [3.05, 3.63) is 95.7 Å². The van der Waals surface area contributed by atoms with Crippen LogP contribution in [0.3, 0.4) is 0 Å². The largest absolute Gasteiger partial charge is 0.396 e. The van der Waals surface area contributed by atoms with E-state index in [2.05, 4.69) is 4.72 Å². The summed E-state index contributed by atoms with van der Waals surface area (Å²) in [5.74, 6) is -1.07. The third-order valence-corrected chi connectivity index (χ3v) is 11.7. The molecule has 9 nitrogen and oxygen atoms in total. The van der Waals surface area contributed by atoms with Gasteiger partial charge in [0.15, 0.2) is 16.1 Å². The lowest BCUT2D eigenvalue weighted by Gasteiger charge is -2.34. The molecule has 4 aromatic rings. The van der Waals surface area contributed by atoms with E-state index in [9.17, 15) is 21.9 Å². The molecule has 3 atom stereocenters. The number of nitrogens with one attached hydrogen (secondary N) is 1. The van der Waals surface area contributed by atoms with Crippen LogP contribution in [0.4, 0.5) is 0 Å². The molecule has 0 spiro atoms. The van der Waals surface area contributed by atoms with Crippen molar-refractivity contribution in [1.29, 1.82) is 0 Å². The molecule has 1 heterocycles. The van der Waals surface area contributed by atoms with Crippen LogP contribution in [-0.2, 0) is 42.8 Å². The van der Waals surface area contributed by atoms with Crippen molar-refractivity contribution in [2.75, 3.05) is 20.8 Å². The maximum Gasteiger partial charge on any atom is 0.240 e. The Morgan fingerprint density at radius 3 is 1.95 bits per heavy atom. The number of aliphatic hydroxyl groups is 1. The van der Waals surface area contributed by atoms with Crippen LogP contribution in [0.2, 0.25) is 0 Å². The third-order valence-electron chi connectivity index (χ3n) is 7.96. The molecule has 1 aromatic heterocycles. The van der Waals surface area contributed by atoms with Gasteiger partial charge in [0.2, 0.25) is 10.0 Å². The first-order valence-corrected chi connectivity index (χ1v) is 17.0. The number of nitrogens with zero attached hydrogens (tertiary/aromatic N) is 1. The molecule has 0 saturated carbocycles. The average molecular weight is 629 g/mol. The Morgan fingerprint density at radius 1 is 0.837 bits per heavy atom. The Morgan fingerprint density at radius 2 is 1.40 bits per heavy atom. The van der Waals surface area contributed by atoms with Gasteiger partial charge in [0, 0.05) is 63.4 Å². The van der Waals surface area contributed by atoms with Gasteiger partial charge >= 0.3 is 0 Å². The van der Waals surface area contributed by atoms with E-state index in [0.29, 0.717) is 0 Å². The second-order valence-corrected chi connectivity index (χ2v) is 14.8. The van der Waals surface area contributed by atoms with Crippen LogP contribution in [0, 0.1) is 19.8 Å². The Hall–Kier alpha value is -3.06. The zero-order valence-corrected chi connectivity index (χ0v) is 26.7. The lowest BCUT2D eigenvalue weighted by atomic mass is 9.90. The lowest BCUT2D eigenvalue weighted by molar-refractivity contribution is -0.108. The first-order valence-electron chi connectivity index (χ1n) is 14.0. The molecule has 3 aromatic carbocycles. The highest BCUT2D eigenvalue weighted by atomic mass is 32.2. The van der Waals surface area contributed by atoms with Crippen LogP contribution in [-0.4, -0.2) is 64.9 Å². The zero-order chi connectivity index (χ0) is 31.4. The number of rotatable bonds is 14. The van der Waals surface area contributed by atoms with Crippen molar-refractivity contribution in [2.24, 2.45) is 13.0 Å². The number of benzene rings is 3. The van der Waals surface area contributed by atoms with E-state index in [1.54, 1.807) is 24.3 Å². The second-order valence-electron chi connectivity index (χ2n) is 10.9. The molecule has 0 fully saturated rings. The van der Waals surface area contributed by atoms with Crippen molar-refractivity contribution in [3.63, 3.8) is 0 Å². The standard InChI is InChI=1S/C32H40N2O7S2/c1-22-10-14-25(15-11-22)42(36,37)31(19-32(40-4)41-5)28(21-35)29(33-43(38,39)26-16-12-23(2)13-17-26)18-24-20-34(3)30-9-7-6-8-27(24)30/h6-17,20,28-29,31-33,35H,18-19,21H2,1-5H3/t28-,29-,31?/m0/s1. The van der Waals surface area contributed by atoms with Crippen molar-refractivity contribution in [2.45, 2.75) is 54.1 Å². The molecule has 2 N–H and O–H groups in total. The summed E-state index contributed by atoms with van der Waals surface area (Å²) < 4.78 is 71.5. The van der Waals surface area contributed by atoms with E-state index in [4.69, 9.17) is 9.47 Å². The van der Waals surface area contributed by atoms with Crippen LogP contribution < -0.4 is 4.72 Å². The van der Waals surface area contributed by atoms with Crippen LogP contribution in [0.15, 0.2) is 88.8 Å². The highest BCUT2D eigenvalue weighted by Crippen LogP contribution is 2.32. The minimum absolute atomic E-state index is 0.0438. The van der Waals surface area contributed by atoms with Gasteiger partial charge in [0.05, 0.1) is 15.0 Å². The van der Waals surface area contributed by atoms with Gasteiger partial charge in [0.25, 0.3) is 0 Å². The fraction of sp³-hybridized carbons (Fsp3) is 0.375. The quantitative estimate of drug-likeness (QED) is 0.201. The van der Waals surface area contributed by atoms with E-state index in [1.165, 1.54) is 38.5 Å². The predicted octanol–water partition coefficient (Wildman–Crippen LogP) is 4.14. The summed E-state index contributed by atoms with van der Waals surface area (Å²) in [7, 11) is -3.50. The van der Waals surface area contributed by atoms with Gasteiger partial charge in [-0.1, -0.05) is 53.6 Å². The summed E-state index contributed by atoms with van der Waals surface area (Å²) in [6.45, 7) is 3.11. The highest BCUT2D eigenvalue weighted by molar-refractivity contribution is 7.92. The Bertz CT molecular complexity index is 1730. The van der Waals surface area contributed by atoms with Crippen LogP contribution in [0.25, 0.3) is 10.9 Å². The number of hydrogen-bond donors (Lipinski definition) is 2. The number of fused-ring (bicyclic) bond motifs is 1. The second kappa shape index (κ2) is 13.7. The summed E-state index contributed by atoms with van der Waals surface area (Å²) in [6.07, 6.45) is 0.990. The van der Waals surface area contributed by atoms with Gasteiger partial charge in [-0.2, -0.15) is 0 Å². The van der Waals surface area contributed by atoms with Crippen molar-refractivity contribution in [3.8, 4) is 0 Å². The Balaban J connectivity index is 1.86. The number of methoxy groups -OCH3 is 2. The van der Waals surface area contributed by atoms with E-state index >= 15 is 0 Å². The normalized spacial score (nSPS) is 14.7. The first kappa shape index (κ1) is 32.8. The molecule has 0 aliphatic rings. The Kier molecular flexibility index (Phi) is 10.5. The zero-order valence-electron chi connectivity index (χ0n) is 25.1. The molecule has 0 aliphatic heterocycles. The predicted molar refractivity (Wildman–Crippen MR) is 167 cm³/mol. The maximum atomic E-state index is 14.3. The number of sulfonamides is 1. The maximum absolute atomic E-state index is 14.3. The minimum Gasteiger partial charge on any atom is -0.396 e. The summed E-state index contributed by atoms with van der Waals surface area (Å²) in [5, 5.41) is 10.5. The molecule has 11 heteroatoms. The van der Waals surface area contributed by atoms with Crippen LogP contribution in [0.5, 0.6) is 0 Å². The molecular weight excluding hydrogens is 588 g/mol. The number of hydrogen-bond acceptors (Lipinski definition) is 7. The first-order chi connectivity index (χ1) is 20.4. The van der Waals surface area contributed by atoms with Gasteiger partial charge in [-0.25, -0.2) is 21.6 Å². The minimum atomic E-state index is -4.11. The van der Waals surface area contributed by atoms with Crippen molar-refractivity contribution >= 4 is 30.8 Å². The fourth-order valence-electron chi connectivity index (χ4n) is 5.51. The molecule has 0 saturated heterocycles. The number of ether oxygens (including phenoxy) is 2. The van der Waals surface area contributed by atoms with Gasteiger partial charge in [-0.05, 0) is 56.2 Å². The van der Waals surface area contributed by atoms with E-state index in [0.717, 1.165) is 27.6 Å². The molecule has 4 rings (SSSR count). The van der Waals surface area contributed by atoms with Crippen LogP contribution in [0.1, 0.15) is 23.1 Å². The number of sulfone groups is 1. The molecule has 43 heavy (non-hydrogen) atoms. The number of aliphatic hydroxyl groups excluding tert-OH is 1.